The lowest BCUT2D eigenvalue weighted by Gasteiger charge is -2.21. The van der Waals surface area contributed by atoms with Gasteiger partial charge in [-0.3, -0.25) is 4.79 Å². The van der Waals surface area contributed by atoms with Crippen molar-refractivity contribution >= 4 is 27.5 Å². The summed E-state index contributed by atoms with van der Waals surface area (Å²) in [5.41, 5.74) is 0.210. The van der Waals surface area contributed by atoms with Crippen molar-refractivity contribution in [3.8, 4) is 0 Å². The highest BCUT2D eigenvalue weighted by Crippen LogP contribution is 2.23. The molecule has 1 aliphatic rings. The number of nitrogens with one attached hydrogen (secondary N) is 1. The van der Waals surface area contributed by atoms with Crippen molar-refractivity contribution < 1.29 is 13.2 Å². The normalized spacial score (nSPS) is 16.7. The van der Waals surface area contributed by atoms with Crippen molar-refractivity contribution in [1.29, 1.82) is 0 Å². The lowest BCUT2D eigenvalue weighted by molar-refractivity contribution is 0.0943. The third-order valence-electron chi connectivity index (χ3n) is 3.74. The molecule has 0 aromatic heterocycles. The topological polar surface area (TPSA) is 89.3 Å². The molecule has 0 atom stereocenters. The van der Waals surface area contributed by atoms with E-state index in [9.17, 15) is 13.2 Å². The molecule has 7 heteroatoms. The average Bonchev–Trinajstić information content (AvgIpc) is 2.44. The van der Waals surface area contributed by atoms with Gasteiger partial charge >= 0.3 is 0 Å². The van der Waals surface area contributed by atoms with Crippen LogP contribution in [0.3, 0.4) is 0 Å². The van der Waals surface area contributed by atoms with E-state index in [1.165, 1.54) is 37.5 Å². The lowest BCUT2D eigenvalue weighted by atomic mass is 9.89. The Kier molecular flexibility index (Phi) is 5.24. The fourth-order valence-corrected chi connectivity index (χ4v) is 3.47. The number of sulfonamides is 1. The Hall–Kier alpha value is -1.11. The monoisotopic (exact) mass is 330 g/mol. The van der Waals surface area contributed by atoms with Gasteiger partial charge in [0.05, 0.1) is 4.90 Å². The van der Waals surface area contributed by atoms with Crippen molar-refractivity contribution in [1.82, 2.24) is 5.32 Å². The van der Waals surface area contributed by atoms with Crippen LogP contribution in [0.4, 0.5) is 0 Å². The number of nitrogens with two attached hydrogens (primary N) is 1. The maximum atomic E-state index is 12.1. The van der Waals surface area contributed by atoms with Gasteiger partial charge in [-0.1, -0.05) is 30.9 Å². The van der Waals surface area contributed by atoms with E-state index in [0.29, 0.717) is 12.5 Å². The highest BCUT2D eigenvalue weighted by molar-refractivity contribution is 7.89. The zero-order chi connectivity index (χ0) is 15.5. The zero-order valence-electron chi connectivity index (χ0n) is 11.6. The van der Waals surface area contributed by atoms with Gasteiger partial charge in [0.15, 0.2) is 0 Å². The molecule has 1 amide bonds. The molecule has 0 spiro atoms. The fourth-order valence-electron chi connectivity index (χ4n) is 2.59. The molecular weight excluding hydrogens is 312 g/mol. The highest BCUT2D eigenvalue weighted by Gasteiger charge is 2.17. The second-order valence-electron chi connectivity index (χ2n) is 5.43. The van der Waals surface area contributed by atoms with Gasteiger partial charge in [0.25, 0.3) is 5.91 Å². The van der Waals surface area contributed by atoms with Gasteiger partial charge < -0.3 is 5.32 Å². The summed E-state index contributed by atoms with van der Waals surface area (Å²) in [6.07, 6.45) is 5.91. The zero-order valence-corrected chi connectivity index (χ0v) is 13.2. The molecule has 0 heterocycles. The van der Waals surface area contributed by atoms with Crippen molar-refractivity contribution in [2.75, 3.05) is 6.54 Å². The molecule has 3 N–H and O–H groups in total. The first-order valence-electron chi connectivity index (χ1n) is 6.98. The van der Waals surface area contributed by atoms with Crippen LogP contribution in [0.2, 0.25) is 5.02 Å². The number of carbonyl (C=O) groups excluding carboxylic acids is 1. The van der Waals surface area contributed by atoms with Gasteiger partial charge in [0, 0.05) is 17.1 Å². The SMILES string of the molecule is NS(=O)(=O)c1cc(Cl)cc(C(=O)NCC2CCCCC2)c1. The fraction of sp³-hybridized carbons (Fsp3) is 0.500. The summed E-state index contributed by atoms with van der Waals surface area (Å²) < 4.78 is 22.7. The number of benzene rings is 1. The molecule has 1 saturated carbocycles. The number of carbonyl (C=O) groups is 1. The van der Waals surface area contributed by atoms with E-state index in [4.69, 9.17) is 16.7 Å². The summed E-state index contributed by atoms with van der Waals surface area (Å²) in [6.45, 7) is 0.607. The molecule has 0 aliphatic heterocycles. The van der Waals surface area contributed by atoms with Crippen molar-refractivity contribution in [3.63, 3.8) is 0 Å². The molecule has 1 aromatic rings. The van der Waals surface area contributed by atoms with Gasteiger partial charge in [0.2, 0.25) is 10.0 Å². The van der Waals surface area contributed by atoms with Gasteiger partial charge in [-0.15, -0.1) is 0 Å². The first-order valence-corrected chi connectivity index (χ1v) is 8.90. The highest BCUT2D eigenvalue weighted by atomic mass is 35.5. The molecule has 0 bridgehead atoms. The minimum atomic E-state index is -3.88. The Bertz CT molecular complexity index is 625. The molecule has 2 rings (SSSR count). The first-order chi connectivity index (χ1) is 9.86. The molecule has 0 unspecified atom stereocenters. The van der Waals surface area contributed by atoms with Crippen LogP contribution in [-0.2, 0) is 10.0 Å². The summed E-state index contributed by atoms with van der Waals surface area (Å²) in [4.78, 5) is 12.0. The second-order valence-corrected chi connectivity index (χ2v) is 7.43. The molecule has 116 valence electrons. The van der Waals surface area contributed by atoms with Crippen LogP contribution in [-0.4, -0.2) is 20.9 Å². The smallest absolute Gasteiger partial charge is 0.251 e. The maximum absolute atomic E-state index is 12.1. The van der Waals surface area contributed by atoms with Gasteiger partial charge in [0.1, 0.15) is 0 Å². The van der Waals surface area contributed by atoms with Crippen LogP contribution in [0.1, 0.15) is 42.5 Å². The van der Waals surface area contributed by atoms with E-state index in [2.05, 4.69) is 5.32 Å². The van der Waals surface area contributed by atoms with Crippen molar-refractivity contribution in [2.24, 2.45) is 11.1 Å². The molecule has 1 aliphatic carbocycles. The van der Waals surface area contributed by atoms with E-state index < -0.39 is 10.0 Å². The first kappa shape index (κ1) is 16.3. The molecule has 1 fully saturated rings. The van der Waals surface area contributed by atoms with E-state index in [0.717, 1.165) is 12.8 Å². The Morgan fingerprint density at radius 2 is 1.90 bits per heavy atom. The summed E-state index contributed by atoms with van der Waals surface area (Å²) in [6, 6.07) is 3.92. The molecule has 0 radical (unpaired) electrons. The van der Waals surface area contributed by atoms with E-state index in [1.807, 2.05) is 0 Å². The van der Waals surface area contributed by atoms with Crippen LogP contribution in [0.15, 0.2) is 23.1 Å². The minimum absolute atomic E-state index is 0.155. The second kappa shape index (κ2) is 6.77. The third-order valence-corrected chi connectivity index (χ3v) is 4.85. The van der Waals surface area contributed by atoms with Crippen molar-refractivity contribution in [3.05, 3.63) is 28.8 Å². The number of primary sulfonamides is 1. The number of amides is 1. The summed E-state index contributed by atoms with van der Waals surface area (Å²) in [7, 11) is -3.88. The number of halogens is 1. The summed E-state index contributed by atoms with van der Waals surface area (Å²) in [5.74, 6) is 0.174. The Labute approximate surface area is 129 Å². The van der Waals surface area contributed by atoms with E-state index >= 15 is 0 Å². The van der Waals surface area contributed by atoms with Gasteiger partial charge in [-0.2, -0.15) is 0 Å². The van der Waals surface area contributed by atoms with Crippen LogP contribution in [0.25, 0.3) is 0 Å². The third kappa shape index (κ3) is 4.69. The molecule has 21 heavy (non-hydrogen) atoms. The summed E-state index contributed by atoms with van der Waals surface area (Å²) in [5, 5.41) is 8.08. The van der Waals surface area contributed by atoms with Crippen LogP contribution < -0.4 is 10.5 Å². The number of hydrogen-bond donors (Lipinski definition) is 2. The standard InChI is InChI=1S/C14H19ClN2O3S/c15-12-6-11(7-13(8-12)21(16,19)20)14(18)17-9-10-4-2-1-3-5-10/h6-8,10H,1-5,9H2,(H,17,18)(H2,16,19,20). The molecule has 5 nitrogen and oxygen atoms in total. The Balaban J connectivity index is 2.06. The van der Waals surface area contributed by atoms with E-state index in [1.54, 1.807) is 0 Å². The predicted molar refractivity (Wildman–Crippen MR) is 81.7 cm³/mol. The Morgan fingerprint density at radius 1 is 1.24 bits per heavy atom. The maximum Gasteiger partial charge on any atom is 0.251 e. The minimum Gasteiger partial charge on any atom is -0.352 e. The average molecular weight is 331 g/mol. The quantitative estimate of drug-likeness (QED) is 0.887. The van der Waals surface area contributed by atoms with Gasteiger partial charge in [-0.25, -0.2) is 13.6 Å². The molecule has 1 aromatic carbocycles. The van der Waals surface area contributed by atoms with Crippen LogP contribution in [0, 0.1) is 5.92 Å². The van der Waals surface area contributed by atoms with Crippen molar-refractivity contribution in [2.45, 2.75) is 37.0 Å². The number of rotatable bonds is 4. The van der Waals surface area contributed by atoms with E-state index in [-0.39, 0.29) is 21.4 Å². The van der Waals surface area contributed by atoms with Crippen LogP contribution in [0.5, 0.6) is 0 Å². The van der Waals surface area contributed by atoms with Gasteiger partial charge in [-0.05, 0) is 37.0 Å². The Morgan fingerprint density at radius 3 is 2.52 bits per heavy atom. The molecular formula is C14H19ClN2O3S. The largest absolute Gasteiger partial charge is 0.352 e. The predicted octanol–water partition coefficient (Wildman–Crippen LogP) is 2.30. The van der Waals surface area contributed by atoms with Crippen LogP contribution >= 0.6 is 11.6 Å². The molecule has 0 saturated heterocycles. The lowest BCUT2D eigenvalue weighted by Crippen LogP contribution is -2.30. The summed E-state index contributed by atoms with van der Waals surface area (Å²) >= 11 is 5.85. The number of hydrogen-bond acceptors (Lipinski definition) is 3.